The predicted octanol–water partition coefficient (Wildman–Crippen LogP) is 1.25. The maximum Gasteiger partial charge on any atom is 0.303 e. The second kappa shape index (κ2) is 9.80. The van der Waals surface area contributed by atoms with Gasteiger partial charge in [-0.25, -0.2) is 8.78 Å². The molecule has 1 heterocycles. The fourth-order valence-corrected chi connectivity index (χ4v) is 3.29. The number of amides is 1. The summed E-state index contributed by atoms with van der Waals surface area (Å²) in [4.78, 5) is 22.2. The number of carboxylic acids is 1. The van der Waals surface area contributed by atoms with Gasteiger partial charge in [0.25, 0.3) is 0 Å². The third-order valence-corrected chi connectivity index (χ3v) is 4.31. The van der Waals surface area contributed by atoms with E-state index in [2.05, 4.69) is 10.6 Å². The van der Waals surface area contributed by atoms with Crippen LogP contribution < -0.4 is 10.6 Å². The van der Waals surface area contributed by atoms with Crippen molar-refractivity contribution in [2.24, 2.45) is 5.92 Å². The van der Waals surface area contributed by atoms with Crippen molar-refractivity contribution in [2.75, 3.05) is 6.54 Å². The van der Waals surface area contributed by atoms with E-state index < -0.39 is 35.8 Å². The highest BCUT2D eigenvalue weighted by molar-refractivity contribution is 5.85. The summed E-state index contributed by atoms with van der Waals surface area (Å²) in [5, 5.41) is 25.1. The zero-order chi connectivity index (χ0) is 18.6. The first kappa shape index (κ1) is 22.3. The molecule has 4 atom stereocenters. The number of nitrogens with one attached hydrogen (secondary N) is 2. The Morgan fingerprint density at radius 3 is 2.46 bits per heavy atom. The van der Waals surface area contributed by atoms with Crippen LogP contribution in [0.25, 0.3) is 0 Å². The lowest BCUT2D eigenvalue weighted by Gasteiger charge is -2.28. The molecular weight excluding hydrogens is 370 g/mol. The van der Waals surface area contributed by atoms with E-state index in [-0.39, 0.29) is 37.1 Å². The number of carboxylic acid groups (broad SMARTS) is 1. The van der Waals surface area contributed by atoms with Gasteiger partial charge in [0.15, 0.2) is 0 Å². The summed E-state index contributed by atoms with van der Waals surface area (Å²) in [6.45, 7) is 1.75. The van der Waals surface area contributed by atoms with Gasteiger partial charge < -0.3 is 20.8 Å². The van der Waals surface area contributed by atoms with Crippen LogP contribution in [0.15, 0.2) is 18.2 Å². The van der Waals surface area contributed by atoms with E-state index in [1.54, 1.807) is 0 Å². The van der Waals surface area contributed by atoms with Crippen LogP contribution in [0.5, 0.6) is 0 Å². The van der Waals surface area contributed by atoms with Crippen molar-refractivity contribution >= 4 is 24.3 Å². The fourth-order valence-electron chi connectivity index (χ4n) is 3.29. The topological polar surface area (TPSA) is 98.7 Å². The minimum Gasteiger partial charge on any atom is -0.481 e. The summed E-state index contributed by atoms with van der Waals surface area (Å²) >= 11 is 0. The van der Waals surface area contributed by atoms with Crippen molar-refractivity contribution in [2.45, 2.75) is 44.4 Å². The summed E-state index contributed by atoms with van der Waals surface area (Å²) in [7, 11) is 0. The largest absolute Gasteiger partial charge is 0.481 e. The molecule has 1 fully saturated rings. The fraction of sp³-hybridized carbons (Fsp3) is 0.529. The highest BCUT2D eigenvalue weighted by atomic mass is 35.5. The summed E-state index contributed by atoms with van der Waals surface area (Å²) in [5.74, 6) is -2.85. The number of aliphatic hydroxyl groups is 1. The number of carbonyl (C=O) groups excluding carboxylic acids is 1. The Kier molecular flexibility index (Phi) is 8.39. The number of aliphatic hydroxyl groups excluding tert-OH is 1. The first-order valence-corrected chi connectivity index (χ1v) is 8.10. The van der Waals surface area contributed by atoms with Crippen molar-refractivity contribution in [3.63, 3.8) is 0 Å². The van der Waals surface area contributed by atoms with Crippen LogP contribution in [-0.4, -0.2) is 46.8 Å². The Bertz CT molecular complexity index is 627. The van der Waals surface area contributed by atoms with E-state index in [1.807, 2.05) is 0 Å². The predicted molar refractivity (Wildman–Crippen MR) is 93.1 cm³/mol. The summed E-state index contributed by atoms with van der Waals surface area (Å²) in [5.41, 5.74) is 0.315. The lowest BCUT2D eigenvalue weighted by atomic mass is 9.92. The third-order valence-electron chi connectivity index (χ3n) is 4.31. The Morgan fingerprint density at radius 1 is 1.31 bits per heavy atom. The van der Waals surface area contributed by atoms with E-state index in [9.17, 15) is 23.5 Å². The average Bonchev–Trinajstić information content (AvgIpc) is 2.91. The molecule has 0 spiro atoms. The van der Waals surface area contributed by atoms with Crippen molar-refractivity contribution in [3.05, 3.63) is 35.4 Å². The van der Waals surface area contributed by atoms with Crippen molar-refractivity contribution in [1.29, 1.82) is 0 Å². The molecule has 0 aromatic heterocycles. The van der Waals surface area contributed by atoms with E-state index in [0.717, 1.165) is 18.2 Å². The van der Waals surface area contributed by atoms with Gasteiger partial charge in [-0.15, -0.1) is 12.4 Å². The van der Waals surface area contributed by atoms with Crippen LogP contribution in [-0.2, 0) is 16.0 Å². The van der Waals surface area contributed by atoms with Gasteiger partial charge in [0.1, 0.15) is 11.6 Å². The minimum absolute atomic E-state index is 0. The average molecular weight is 393 g/mol. The molecule has 2 unspecified atom stereocenters. The van der Waals surface area contributed by atoms with Crippen LogP contribution >= 0.6 is 12.4 Å². The maximum absolute atomic E-state index is 13.4. The Morgan fingerprint density at radius 2 is 1.92 bits per heavy atom. The van der Waals surface area contributed by atoms with Crippen LogP contribution in [0.4, 0.5) is 8.78 Å². The normalized spacial score (nSPS) is 21.5. The molecule has 0 bridgehead atoms. The SMILES string of the molecule is CC(=O)N[C@@H](Cc1cc(F)cc(F)c1)[C@H](O)C1CC(CC(=O)O)CN1.Cl. The summed E-state index contributed by atoms with van der Waals surface area (Å²) < 4.78 is 26.7. The minimum atomic E-state index is -1.02. The second-order valence-corrected chi connectivity index (χ2v) is 6.49. The molecule has 6 nitrogen and oxygen atoms in total. The molecule has 1 aromatic rings. The molecule has 4 N–H and O–H groups in total. The van der Waals surface area contributed by atoms with E-state index in [1.165, 1.54) is 6.92 Å². The van der Waals surface area contributed by atoms with Gasteiger partial charge in [-0.2, -0.15) is 0 Å². The van der Waals surface area contributed by atoms with Gasteiger partial charge in [0.2, 0.25) is 5.91 Å². The summed E-state index contributed by atoms with van der Waals surface area (Å²) in [6.07, 6.45) is -0.525. The van der Waals surface area contributed by atoms with Gasteiger partial charge in [0, 0.05) is 25.5 Å². The van der Waals surface area contributed by atoms with Crippen LogP contribution in [0.2, 0.25) is 0 Å². The molecule has 1 aliphatic rings. The smallest absolute Gasteiger partial charge is 0.303 e. The highest BCUT2D eigenvalue weighted by Crippen LogP contribution is 2.22. The quantitative estimate of drug-likeness (QED) is 0.559. The van der Waals surface area contributed by atoms with Crippen LogP contribution in [0.1, 0.15) is 25.3 Å². The Balaban J connectivity index is 0.00000338. The molecular formula is C17H23ClF2N2O4. The molecule has 0 aliphatic carbocycles. The van der Waals surface area contributed by atoms with E-state index in [4.69, 9.17) is 5.11 Å². The zero-order valence-electron chi connectivity index (χ0n) is 14.2. The van der Waals surface area contributed by atoms with Crippen LogP contribution in [0, 0.1) is 17.6 Å². The number of hydrogen-bond donors (Lipinski definition) is 4. The number of carbonyl (C=O) groups is 2. The maximum atomic E-state index is 13.4. The summed E-state index contributed by atoms with van der Waals surface area (Å²) in [6, 6.07) is 1.90. The first-order chi connectivity index (χ1) is 11.7. The second-order valence-electron chi connectivity index (χ2n) is 6.49. The van der Waals surface area contributed by atoms with Gasteiger partial charge in [0.05, 0.1) is 12.1 Å². The van der Waals surface area contributed by atoms with Crippen molar-refractivity contribution in [3.8, 4) is 0 Å². The number of hydrogen-bond acceptors (Lipinski definition) is 4. The lowest BCUT2D eigenvalue weighted by molar-refractivity contribution is -0.138. The monoisotopic (exact) mass is 392 g/mol. The first-order valence-electron chi connectivity index (χ1n) is 8.10. The molecule has 146 valence electrons. The van der Waals surface area contributed by atoms with Gasteiger partial charge in [-0.1, -0.05) is 0 Å². The number of aliphatic carboxylic acids is 1. The molecule has 2 rings (SSSR count). The third kappa shape index (κ3) is 6.51. The highest BCUT2D eigenvalue weighted by Gasteiger charge is 2.35. The molecule has 1 aromatic carbocycles. The van der Waals surface area contributed by atoms with Gasteiger partial charge in [-0.05, 0) is 43.0 Å². The van der Waals surface area contributed by atoms with Gasteiger partial charge >= 0.3 is 5.97 Å². The molecule has 26 heavy (non-hydrogen) atoms. The number of halogens is 3. The molecule has 1 amide bonds. The standard InChI is InChI=1S/C17H22F2N2O4.ClH/c1-9(22)21-15(4-10-2-12(18)7-13(19)3-10)17(25)14-5-11(8-20-14)6-16(23)24;/h2-3,7,11,14-15,17,20,25H,4-6,8H2,1H3,(H,21,22)(H,23,24);1H/t11?,14?,15-,17+;/m0./s1. The van der Waals surface area contributed by atoms with Crippen molar-refractivity contribution in [1.82, 2.24) is 10.6 Å². The Labute approximate surface area is 156 Å². The zero-order valence-corrected chi connectivity index (χ0v) is 15.1. The lowest BCUT2D eigenvalue weighted by Crippen LogP contribution is -2.51. The molecule has 9 heteroatoms. The Hall–Kier alpha value is -1.77. The molecule has 0 saturated carbocycles. The molecule has 0 radical (unpaired) electrons. The number of benzene rings is 1. The van der Waals surface area contributed by atoms with Crippen molar-refractivity contribution < 1.29 is 28.6 Å². The van der Waals surface area contributed by atoms with E-state index >= 15 is 0 Å². The molecule has 1 aliphatic heterocycles. The van der Waals surface area contributed by atoms with Gasteiger partial charge in [-0.3, -0.25) is 9.59 Å². The van der Waals surface area contributed by atoms with E-state index in [0.29, 0.717) is 18.5 Å². The molecule has 1 saturated heterocycles. The number of rotatable bonds is 7. The van der Waals surface area contributed by atoms with Crippen LogP contribution in [0.3, 0.4) is 0 Å².